The topological polar surface area (TPSA) is 58.4 Å². The molecule has 0 radical (unpaired) electrons. The lowest BCUT2D eigenvalue weighted by atomic mass is 10.1. The van der Waals surface area contributed by atoms with Gasteiger partial charge in [-0.15, -0.1) is 0 Å². The van der Waals surface area contributed by atoms with Crippen molar-refractivity contribution in [2.75, 3.05) is 24.1 Å². The number of hydrogen-bond donors (Lipinski definition) is 2. The van der Waals surface area contributed by atoms with E-state index < -0.39 is 0 Å². The second-order valence-electron chi connectivity index (χ2n) is 6.00. The van der Waals surface area contributed by atoms with Gasteiger partial charge in [0.1, 0.15) is 0 Å². The van der Waals surface area contributed by atoms with E-state index in [1.807, 2.05) is 25.1 Å². The lowest BCUT2D eigenvalue weighted by Crippen LogP contribution is -2.40. The van der Waals surface area contributed by atoms with Gasteiger partial charge in [0.15, 0.2) is 0 Å². The van der Waals surface area contributed by atoms with Gasteiger partial charge in [-0.3, -0.25) is 9.69 Å². The third kappa shape index (κ3) is 4.46. The number of nitrogens with one attached hydrogen (secondary N) is 1. The molecule has 1 aliphatic heterocycles. The van der Waals surface area contributed by atoms with Gasteiger partial charge in [0.05, 0.1) is 6.54 Å². The first-order chi connectivity index (χ1) is 10.1. The van der Waals surface area contributed by atoms with Gasteiger partial charge in [-0.1, -0.05) is 19.8 Å². The summed E-state index contributed by atoms with van der Waals surface area (Å²) in [5.74, 6) is 0.0724. The number of anilines is 2. The van der Waals surface area contributed by atoms with Crippen LogP contribution in [0.25, 0.3) is 0 Å². The van der Waals surface area contributed by atoms with Gasteiger partial charge in [0.25, 0.3) is 0 Å². The lowest BCUT2D eigenvalue weighted by Gasteiger charge is -2.28. The number of aryl methyl sites for hydroxylation is 1. The molecule has 1 aliphatic rings. The monoisotopic (exact) mass is 289 g/mol. The van der Waals surface area contributed by atoms with Crippen molar-refractivity contribution in [3.63, 3.8) is 0 Å². The van der Waals surface area contributed by atoms with Crippen LogP contribution in [0.5, 0.6) is 0 Å². The molecule has 0 saturated carbocycles. The molecule has 4 nitrogen and oxygen atoms in total. The van der Waals surface area contributed by atoms with E-state index in [1.165, 1.54) is 25.7 Å². The second kappa shape index (κ2) is 7.46. The zero-order valence-corrected chi connectivity index (χ0v) is 13.2. The van der Waals surface area contributed by atoms with Crippen LogP contribution >= 0.6 is 0 Å². The minimum atomic E-state index is 0.0724. The van der Waals surface area contributed by atoms with E-state index in [2.05, 4.69) is 17.1 Å². The van der Waals surface area contributed by atoms with Gasteiger partial charge in [0.2, 0.25) is 5.91 Å². The lowest BCUT2D eigenvalue weighted by molar-refractivity contribution is -0.117. The highest BCUT2D eigenvalue weighted by Crippen LogP contribution is 2.20. The van der Waals surface area contributed by atoms with Crippen LogP contribution in [0.15, 0.2) is 18.2 Å². The van der Waals surface area contributed by atoms with Crippen molar-refractivity contribution < 1.29 is 4.79 Å². The number of nitrogens with two attached hydrogens (primary N) is 1. The number of hydrogen-bond acceptors (Lipinski definition) is 3. The van der Waals surface area contributed by atoms with Gasteiger partial charge in [-0.05, 0) is 56.5 Å². The Kier molecular flexibility index (Phi) is 5.62. The molecule has 4 heteroatoms. The summed E-state index contributed by atoms with van der Waals surface area (Å²) in [5, 5.41) is 3.01. The number of benzene rings is 1. The highest BCUT2D eigenvalue weighted by Gasteiger charge is 2.21. The maximum atomic E-state index is 12.3. The standard InChI is InChI=1S/C17H27N3O/c1-3-15-7-5-4-6-10-20(15)12-17(21)19-16-9-8-14(18)11-13(16)2/h8-9,11,15H,3-7,10,12,18H2,1-2H3,(H,19,21). The van der Waals surface area contributed by atoms with Crippen molar-refractivity contribution in [3.05, 3.63) is 23.8 Å². The fourth-order valence-corrected chi connectivity index (χ4v) is 3.11. The number of amides is 1. The highest BCUT2D eigenvalue weighted by atomic mass is 16.2. The molecule has 0 aromatic heterocycles. The van der Waals surface area contributed by atoms with Crippen molar-refractivity contribution in [1.29, 1.82) is 0 Å². The quantitative estimate of drug-likeness (QED) is 0.837. The summed E-state index contributed by atoms with van der Waals surface area (Å²) in [6.45, 7) is 5.70. The van der Waals surface area contributed by atoms with E-state index in [1.54, 1.807) is 0 Å². The molecule has 1 aromatic rings. The number of carbonyl (C=O) groups excluding carboxylic acids is 1. The van der Waals surface area contributed by atoms with E-state index in [-0.39, 0.29) is 5.91 Å². The summed E-state index contributed by atoms with van der Waals surface area (Å²) in [6.07, 6.45) is 6.10. The molecule has 1 saturated heterocycles. The smallest absolute Gasteiger partial charge is 0.238 e. The summed E-state index contributed by atoms with van der Waals surface area (Å²) in [4.78, 5) is 14.6. The molecule has 0 aliphatic carbocycles. The summed E-state index contributed by atoms with van der Waals surface area (Å²) < 4.78 is 0. The van der Waals surface area contributed by atoms with Crippen molar-refractivity contribution in [2.24, 2.45) is 0 Å². The molecule has 1 heterocycles. The minimum absolute atomic E-state index is 0.0724. The normalized spacial score (nSPS) is 20.0. The van der Waals surface area contributed by atoms with Crippen LogP contribution < -0.4 is 11.1 Å². The molecule has 0 bridgehead atoms. The average molecular weight is 289 g/mol. The Morgan fingerprint density at radius 1 is 1.38 bits per heavy atom. The fourth-order valence-electron chi connectivity index (χ4n) is 3.11. The zero-order chi connectivity index (χ0) is 15.2. The van der Waals surface area contributed by atoms with Crippen molar-refractivity contribution in [2.45, 2.75) is 52.0 Å². The van der Waals surface area contributed by atoms with Crippen LogP contribution in [0, 0.1) is 6.92 Å². The van der Waals surface area contributed by atoms with E-state index in [0.717, 1.165) is 29.9 Å². The first kappa shape index (κ1) is 15.8. The fraction of sp³-hybridized carbons (Fsp3) is 0.588. The highest BCUT2D eigenvalue weighted by molar-refractivity contribution is 5.93. The minimum Gasteiger partial charge on any atom is -0.399 e. The Hall–Kier alpha value is -1.55. The third-order valence-electron chi connectivity index (χ3n) is 4.34. The third-order valence-corrected chi connectivity index (χ3v) is 4.34. The average Bonchev–Trinajstić information content (AvgIpc) is 2.67. The number of nitrogen functional groups attached to an aromatic ring is 1. The van der Waals surface area contributed by atoms with Crippen LogP contribution in [0.2, 0.25) is 0 Å². The van der Waals surface area contributed by atoms with Crippen LogP contribution in [0.3, 0.4) is 0 Å². The van der Waals surface area contributed by atoms with E-state index in [0.29, 0.717) is 12.6 Å². The van der Waals surface area contributed by atoms with Gasteiger partial charge in [0, 0.05) is 17.4 Å². The molecule has 0 spiro atoms. The predicted octanol–water partition coefficient (Wildman–Crippen LogP) is 3.17. The first-order valence-electron chi connectivity index (χ1n) is 8.00. The number of carbonyl (C=O) groups is 1. The van der Waals surface area contributed by atoms with E-state index in [9.17, 15) is 4.79 Å². The Labute approximate surface area is 127 Å². The maximum absolute atomic E-state index is 12.3. The van der Waals surface area contributed by atoms with Gasteiger partial charge in [-0.25, -0.2) is 0 Å². The van der Waals surface area contributed by atoms with Crippen LogP contribution in [-0.4, -0.2) is 29.9 Å². The summed E-state index contributed by atoms with van der Waals surface area (Å²) in [7, 11) is 0. The van der Waals surface area contributed by atoms with Crippen molar-refractivity contribution >= 4 is 17.3 Å². The number of nitrogens with zero attached hydrogens (tertiary/aromatic N) is 1. The second-order valence-corrected chi connectivity index (χ2v) is 6.00. The van der Waals surface area contributed by atoms with Gasteiger partial charge < -0.3 is 11.1 Å². The molecular weight excluding hydrogens is 262 g/mol. The first-order valence-corrected chi connectivity index (χ1v) is 8.00. The molecule has 1 amide bonds. The Bertz CT molecular complexity index is 487. The van der Waals surface area contributed by atoms with Crippen LogP contribution in [-0.2, 0) is 4.79 Å². The van der Waals surface area contributed by atoms with Crippen LogP contribution in [0.4, 0.5) is 11.4 Å². The van der Waals surface area contributed by atoms with Crippen LogP contribution in [0.1, 0.15) is 44.6 Å². The van der Waals surface area contributed by atoms with Gasteiger partial charge >= 0.3 is 0 Å². The molecule has 21 heavy (non-hydrogen) atoms. The zero-order valence-electron chi connectivity index (χ0n) is 13.2. The SMILES string of the molecule is CCC1CCCCCN1CC(=O)Nc1ccc(N)cc1C. The Balaban J connectivity index is 1.96. The largest absolute Gasteiger partial charge is 0.399 e. The molecule has 3 N–H and O–H groups in total. The van der Waals surface area contributed by atoms with Crippen molar-refractivity contribution in [1.82, 2.24) is 4.90 Å². The predicted molar refractivity (Wildman–Crippen MR) is 88.3 cm³/mol. The van der Waals surface area contributed by atoms with Gasteiger partial charge in [-0.2, -0.15) is 0 Å². The van der Waals surface area contributed by atoms with E-state index in [4.69, 9.17) is 5.73 Å². The van der Waals surface area contributed by atoms with Crippen molar-refractivity contribution in [3.8, 4) is 0 Å². The van der Waals surface area contributed by atoms with E-state index >= 15 is 0 Å². The number of likely N-dealkylation sites (tertiary alicyclic amines) is 1. The molecule has 1 atom stereocenters. The molecule has 1 fully saturated rings. The molecule has 1 unspecified atom stereocenters. The molecule has 2 rings (SSSR count). The molecular formula is C17H27N3O. The summed E-state index contributed by atoms with van der Waals surface area (Å²) in [5.41, 5.74) is 8.33. The maximum Gasteiger partial charge on any atom is 0.238 e. The molecule has 116 valence electrons. The molecule has 1 aromatic carbocycles. The summed E-state index contributed by atoms with van der Waals surface area (Å²) in [6, 6.07) is 6.13. The number of rotatable bonds is 4. The Morgan fingerprint density at radius 2 is 2.19 bits per heavy atom. The summed E-state index contributed by atoms with van der Waals surface area (Å²) >= 11 is 0. The Morgan fingerprint density at radius 3 is 2.90 bits per heavy atom.